The summed E-state index contributed by atoms with van der Waals surface area (Å²) in [5.74, 6) is 0.0314. The number of phenols is 1. The Morgan fingerprint density at radius 1 is 1.54 bits per heavy atom. The Balaban J connectivity index is 2.96. The second-order valence-electron chi connectivity index (χ2n) is 2.44. The maximum atomic E-state index is 10.4. The van der Waals surface area contributed by atoms with Crippen LogP contribution in [0.1, 0.15) is 0 Å². The van der Waals surface area contributed by atoms with Gasteiger partial charge in [-0.3, -0.25) is 0 Å². The molecule has 0 aliphatic heterocycles. The van der Waals surface area contributed by atoms with Crippen molar-refractivity contribution in [3.05, 3.63) is 41.8 Å². The highest BCUT2D eigenvalue weighted by molar-refractivity contribution is 5.57. The van der Waals surface area contributed by atoms with Gasteiger partial charge in [0, 0.05) is 0 Å². The van der Waals surface area contributed by atoms with Crippen molar-refractivity contribution in [2.75, 3.05) is 11.6 Å². The molecule has 0 unspecified atom stereocenters. The molecule has 0 spiro atoms. The van der Waals surface area contributed by atoms with E-state index in [2.05, 4.69) is 11.9 Å². The highest BCUT2D eigenvalue weighted by Gasteiger charge is 2.07. The molecule has 0 bridgehead atoms. The Morgan fingerprint density at radius 3 is 2.77 bits per heavy atom. The molecule has 1 aromatic carbocycles. The molecule has 0 radical (unpaired) electrons. The number of benzene rings is 1. The monoisotopic (exact) mass is 178 g/mol. The SMILES string of the molecule is C=CCN(N=O)c1ccccc1O. The van der Waals surface area contributed by atoms with E-state index in [1.165, 1.54) is 12.1 Å². The number of para-hydroxylation sites is 2. The van der Waals surface area contributed by atoms with E-state index < -0.39 is 0 Å². The number of nitrogens with zero attached hydrogens (tertiary/aromatic N) is 2. The van der Waals surface area contributed by atoms with E-state index in [0.717, 1.165) is 5.01 Å². The first-order chi connectivity index (χ1) is 6.29. The van der Waals surface area contributed by atoms with Crippen LogP contribution < -0.4 is 5.01 Å². The maximum Gasteiger partial charge on any atom is 0.140 e. The van der Waals surface area contributed by atoms with Gasteiger partial charge in [-0.05, 0) is 12.1 Å². The summed E-state index contributed by atoms with van der Waals surface area (Å²) in [5, 5.41) is 13.3. The molecule has 0 saturated carbocycles. The minimum atomic E-state index is 0.0314. The van der Waals surface area contributed by atoms with Crippen molar-refractivity contribution in [1.29, 1.82) is 0 Å². The fourth-order valence-corrected chi connectivity index (χ4v) is 0.980. The van der Waals surface area contributed by atoms with Gasteiger partial charge in [0.15, 0.2) is 0 Å². The van der Waals surface area contributed by atoms with Crippen LogP contribution in [0.2, 0.25) is 0 Å². The van der Waals surface area contributed by atoms with Gasteiger partial charge in [0.05, 0.1) is 11.8 Å². The number of rotatable bonds is 4. The van der Waals surface area contributed by atoms with Crippen LogP contribution in [0.15, 0.2) is 42.2 Å². The summed E-state index contributed by atoms with van der Waals surface area (Å²) in [7, 11) is 0. The van der Waals surface area contributed by atoms with Crippen LogP contribution in [0.25, 0.3) is 0 Å². The Hall–Kier alpha value is -1.84. The van der Waals surface area contributed by atoms with Crippen LogP contribution in [-0.4, -0.2) is 11.7 Å². The zero-order valence-corrected chi connectivity index (χ0v) is 7.05. The lowest BCUT2D eigenvalue weighted by atomic mass is 10.3. The number of hydrogen-bond donors (Lipinski definition) is 1. The maximum absolute atomic E-state index is 10.4. The lowest BCUT2D eigenvalue weighted by Crippen LogP contribution is -2.14. The Morgan fingerprint density at radius 2 is 2.23 bits per heavy atom. The van der Waals surface area contributed by atoms with E-state index in [9.17, 15) is 10.0 Å². The van der Waals surface area contributed by atoms with Gasteiger partial charge in [-0.2, -0.15) is 0 Å². The molecule has 68 valence electrons. The number of phenolic OH excluding ortho intramolecular Hbond substituents is 1. The van der Waals surface area contributed by atoms with Crippen LogP contribution >= 0.6 is 0 Å². The van der Waals surface area contributed by atoms with Gasteiger partial charge in [0.25, 0.3) is 0 Å². The molecule has 0 heterocycles. The molecule has 1 N–H and O–H groups in total. The third-order valence-electron chi connectivity index (χ3n) is 1.56. The predicted molar refractivity (Wildman–Crippen MR) is 51.4 cm³/mol. The molecule has 0 amide bonds. The standard InChI is InChI=1S/C9H10N2O2/c1-2-7-11(10-13)8-5-3-4-6-9(8)12/h2-6,12H,1,7H2. The molecule has 4 heteroatoms. The molecule has 0 aromatic heterocycles. The van der Waals surface area contributed by atoms with Crippen molar-refractivity contribution in [2.24, 2.45) is 5.29 Å². The van der Waals surface area contributed by atoms with Gasteiger partial charge in [-0.25, -0.2) is 5.01 Å². The van der Waals surface area contributed by atoms with Crippen molar-refractivity contribution < 1.29 is 5.11 Å². The second-order valence-corrected chi connectivity index (χ2v) is 2.44. The van der Waals surface area contributed by atoms with Gasteiger partial charge >= 0.3 is 0 Å². The number of nitroso groups, excluding NO2 is 1. The topological polar surface area (TPSA) is 52.9 Å². The molecule has 0 aliphatic carbocycles. The average molecular weight is 178 g/mol. The quantitative estimate of drug-likeness (QED) is 0.436. The Kier molecular flexibility index (Phi) is 3.03. The third kappa shape index (κ3) is 2.05. The third-order valence-corrected chi connectivity index (χ3v) is 1.56. The van der Waals surface area contributed by atoms with Crippen molar-refractivity contribution in [3.8, 4) is 5.75 Å². The highest BCUT2D eigenvalue weighted by Crippen LogP contribution is 2.26. The lowest BCUT2D eigenvalue weighted by Gasteiger charge is -2.13. The normalized spacial score (nSPS) is 9.23. The zero-order valence-electron chi connectivity index (χ0n) is 7.05. The van der Waals surface area contributed by atoms with Crippen LogP contribution in [0.5, 0.6) is 5.75 Å². The summed E-state index contributed by atoms with van der Waals surface area (Å²) < 4.78 is 0. The molecular formula is C9H10N2O2. The van der Waals surface area contributed by atoms with Gasteiger partial charge in [0.2, 0.25) is 0 Å². The molecule has 0 saturated heterocycles. The molecule has 0 aliphatic rings. The van der Waals surface area contributed by atoms with Crippen LogP contribution in [0.4, 0.5) is 5.69 Å². The largest absolute Gasteiger partial charge is 0.506 e. The summed E-state index contributed by atoms with van der Waals surface area (Å²) in [6.45, 7) is 3.76. The van der Waals surface area contributed by atoms with E-state index in [0.29, 0.717) is 5.69 Å². The fraction of sp³-hybridized carbons (Fsp3) is 0.111. The molecular weight excluding hydrogens is 168 g/mol. The van der Waals surface area contributed by atoms with Crippen molar-refractivity contribution in [3.63, 3.8) is 0 Å². The summed E-state index contributed by atoms with van der Waals surface area (Å²) in [6, 6.07) is 6.50. The number of aromatic hydroxyl groups is 1. The van der Waals surface area contributed by atoms with Crippen molar-refractivity contribution in [1.82, 2.24) is 0 Å². The van der Waals surface area contributed by atoms with Gasteiger partial charge < -0.3 is 5.11 Å². The minimum Gasteiger partial charge on any atom is -0.506 e. The summed E-state index contributed by atoms with van der Waals surface area (Å²) >= 11 is 0. The summed E-state index contributed by atoms with van der Waals surface area (Å²) in [4.78, 5) is 10.4. The molecule has 0 atom stereocenters. The van der Waals surface area contributed by atoms with E-state index in [4.69, 9.17) is 0 Å². The van der Waals surface area contributed by atoms with Crippen LogP contribution in [0, 0.1) is 4.91 Å². The van der Waals surface area contributed by atoms with Crippen LogP contribution in [0.3, 0.4) is 0 Å². The number of anilines is 1. The fourth-order valence-electron chi connectivity index (χ4n) is 0.980. The van der Waals surface area contributed by atoms with Gasteiger partial charge in [-0.15, -0.1) is 11.5 Å². The molecule has 0 fully saturated rings. The smallest absolute Gasteiger partial charge is 0.140 e. The summed E-state index contributed by atoms with van der Waals surface area (Å²) in [5.41, 5.74) is 0.386. The Bertz CT molecular complexity index is 312. The van der Waals surface area contributed by atoms with Gasteiger partial charge in [0.1, 0.15) is 11.4 Å². The van der Waals surface area contributed by atoms with E-state index in [-0.39, 0.29) is 12.3 Å². The summed E-state index contributed by atoms with van der Waals surface area (Å²) in [6.07, 6.45) is 1.54. The molecule has 4 nitrogen and oxygen atoms in total. The zero-order chi connectivity index (χ0) is 9.68. The van der Waals surface area contributed by atoms with E-state index in [1.54, 1.807) is 18.2 Å². The van der Waals surface area contributed by atoms with Crippen molar-refractivity contribution in [2.45, 2.75) is 0 Å². The first kappa shape index (κ1) is 9.25. The molecule has 13 heavy (non-hydrogen) atoms. The lowest BCUT2D eigenvalue weighted by molar-refractivity contribution is 0.474. The van der Waals surface area contributed by atoms with E-state index >= 15 is 0 Å². The van der Waals surface area contributed by atoms with Crippen molar-refractivity contribution >= 4 is 5.69 Å². The van der Waals surface area contributed by atoms with E-state index in [1.807, 2.05) is 0 Å². The molecule has 1 rings (SSSR count). The second kappa shape index (κ2) is 4.25. The predicted octanol–water partition coefficient (Wildman–Crippen LogP) is 2.07. The van der Waals surface area contributed by atoms with Gasteiger partial charge in [-0.1, -0.05) is 18.2 Å². The average Bonchev–Trinajstić information content (AvgIpc) is 2.16. The first-order valence-electron chi connectivity index (χ1n) is 3.79. The first-order valence-corrected chi connectivity index (χ1v) is 3.79. The highest BCUT2D eigenvalue weighted by atomic mass is 16.3. The molecule has 1 aromatic rings. The van der Waals surface area contributed by atoms with Crippen LogP contribution in [-0.2, 0) is 0 Å². The minimum absolute atomic E-state index is 0.0314. The Labute approximate surface area is 76.1 Å². The number of hydrogen-bond acceptors (Lipinski definition) is 3.